The van der Waals surface area contributed by atoms with Gasteiger partial charge in [0.2, 0.25) is 6.35 Å². The van der Waals surface area contributed by atoms with E-state index in [1.54, 1.807) is 0 Å². The van der Waals surface area contributed by atoms with E-state index in [1.807, 2.05) is 0 Å². The van der Waals surface area contributed by atoms with Crippen molar-refractivity contribution in [2.75, 3.05) is 12.4 Å². The van der Waals surface area contributed by atoms with Crippen LogP contribution in [-0.2, 0) is 0 Å². The van der Waals surface area contributed by atoms with Crippen molar-refractivity contribution in [2.24, 2.45) is 17.2 Å². The highest BCUT2D eigenvalue weighted by Gasteiger charge is 2.29. The molecule has 1 aromatic rings. The second kappa shape index (κ2) is 4.97. The summed E-state index contributed by atoms with van der Waals surface area (Å²) >= 11 is 0. The number of amides is 1. The number of rotatable bonds is 0. The van der Waals surface area contributed by atoms with E-state index < -0.39 is 24.2 Å². The van der Waals surface area contributed by atoms with Crippen molar-refractivity contribution >= 4 is 11.7 Å². The Balaban J connectivity index is 0.000000317. The van der Waals surface area contributed by atoms with E-state index >= 15 is 0 Å². The van der Waals surface area contributed by atoms with E-state index in [2.05, 4.69) is 32.5 Å². The van der Waals surface area contributed by atoms with E-state index in [4.69, 9.17) is 0 Å². The van der Waals surface area contributed by atoms with Gasteiger partial charge in [0, 0.05) is 7.05 Å². The first-order chi connectivity index (χ1) is 7.82. The molecule has 2 rings (SSSR count). The van der Waals surface area contributed by atoms with Gasteiger partial charge in [-0.1, -0.05) is 0 Å². The van der Waals surface area contributed by atoms with Crippen molar-refractivity contribution < 1.29 is 9.90 Å². The van der Waals surface area contributed by atoms with Gasteiger partial charge in [-0.25, -0.2) is 4.79 Å². The molecule has 0 saturated heterocycles. The van der Waals surface area contributed by atoms with E-state index in [1.165, 1.54) is 7.05 Å². The second-order valence-electron chi connectivity index (χ2n) is 3.34. The zero-order valence-electron chi connectivity index (χ0n) is 9.10. The number of aliphatic hydroxyl groups excluding tert-OH is 1. The standard InChI is InChI=1S/C6H8N4O3.CH7N3/c1-10-4(11)2-3(9-6(10)13)8-5(12)7-2;2-1(3)4/h6,9,13H,1H3,(H2,7,8,12);1H,2-4H2. The molecule has 0 spiro atoms. The molecule has 0 radical (unpaired) electrons. The van der Waals surface area contributed by atoms with Gasteiger partial charge in [0.05, 0.1) is 0 Å². The number of H-pyrrole nitrogens is 2. The number of fused-ring (bicyclic) bond motifs is 1. The Bertz CT molecular complexity index is 448. The largest absolute Gasteiger partial charge is 0.356 e. The number of imidazole rings is 1. The van der Waals surface area contributed by atoms with Crippen LogP contribution in [0.2, 0.25) is 0 Å². The Labute approximate surface area is 95.8 Å². The summed E-state index contributed by atoms with van der Waals surface area (Å²) in [7, 11) is 1.42. The number of anilines is 1. The number of nitrogens with two attached hydrogens (primary N) is 3. The van der Waals surface area contributed by atoms with E-state index in [0.29, 0.717) is 0 Å². The second-order valence-corrected chi connectivity index (χ2v) is 3.34. The van der Waals surface area contributed by atoms with Crippen molar-refractivity contribution in [3.63, 3.8) is 0 Å². The molecule has 0 aromatic carbocycles. The molecule has 1 unspecified atom stereocenters. The molecule has 0 fully saturated rings. The summed E-state index contributed by atoms with van der Waals surface area (Å²) in [4.78, 5) is 27.9. The van der Waals surface area contributed by atoms with E-state index in [-0.39, 0.29) is 11.5 Å². The minimum absolute atomic E-state index is 0.137. The zero-order chi connectivity index (χ0) is 13.2. The van der Waals surface area contributed by atoms with Gasteiger partial charge in [-0.05, 0) is 0 Å². The molecule has 17 heavy (non-hydrogen) atoms. The summed E-state index contributed by atoms with van der Waals surface area (Å²) in [5.74, 6) is -0.208. The Morgan fingerprint density at radius 2 is 1.82 bits per heavy atom. The normalized spacial score (nSPS) is 18.4. The summed E-state index contributed by atoms with van der Waals surface area (Å²) in [6.45, 7) is 0. The van der Waals surface area contributed by atoms with Crippen LogP contribution in [0.4, 0.5) is 5.82 Å². The number of hydrogen-bond donors (Lipinski definition) is 7. The van der Waals surface area contributed by atoms with Crippen LogP contribution in [0.3, 0.4) is 0 Å². The van der Waals surface area contributed by atoms with Crippen LogP contribution in [0.25, 0.3) is 0 Å². The number of nitrogens with zero attached hydrogens (tertiary/aromatic N) is 1. The molecule has 2 heterocycles. The fourth-order valence-electron chi connectivity index (χ4n) is 1.17. The monoisotopic (exact) mass is 245 g/mol. The summed E-state index contributed by atoms with van der Waals surface area (Å²) in [5, 5.41) is 11.8. The van der Waals surface area contributed by atoms with Crippen LogP contribution in [0.1, 0.15) is 10.5 Å². The zero-order valence-corrected chi connectivity index (χ0v) is 9.10. The third-order valence-corrected chi connectivity index (χ3v) is 1.90. The number of aromatic amines is 2. The average Bonchev–Trinajstić information content (AvgIpc) is 2.55. The van der Waals surface area contributed by atoms with Gasteiger partial charge in [0.25, 0.3) is 5.91 Å². The predicted octanol–water partition coefficient (Wildman–Crippen LogP) is -3.38. The van der Waals surface area contributed by atoms with Crippen LogP contribution in [0.5, 0.6) is 0 Å². The van der Waals surface area contributed by atoms with Crippen molar-refractivity contribution in [1.29, 1.82) is 0 Å². The molecule has 1 aliphatic heterocycles. The third-order valence-electron chi connectivity index (χ3n) is 1.90. The first-order valence-corrected chi connectivity index (χ1v) is 4.63. The molecule has 0 bridgehead atoms. The first-order valence-electron chi connectivity index (χ1n) is 4.63. The highest BCUT2D eigenvalue weighted by molar-refractivity contribution is 5.98. The average molecular weight is 245 g/mol. The summed E-state index contributed by atoms with van der Waals surface area (Å²) < 4.78 is 0. The third kappa shape index (κ3) is 3.04. The fourth-order valence-corrected chi connectivity index (χ4v) is 1.17. The molecule has 10 N–H and O–H groups in total. The minimum Gasteiger partial charge on any atom is -0.356 e. The van der Waals surface area contributed by atoms with E-state index in [0.717, 1.165) is 4.90 Å². The van der Waals surface area contributed by atoms with Gasteiger partial charge >= 0.3 is 5.69 Å². The maximum Gasteiger partial charge on any atom is 0.325 e. The van der Waals surface area contributed by atoms with Crippen LogP contribution in [-0.4, -0.2) is 45.6 Å². The Morgan fingerprint density at radius 3 is 2.35 bits per heavy atom. The van der Waals surface area contributed by atoms with Crippen LogP contribution < -0.4 is 28.2 Å². The number of carbonyl (C=O) groups is 1. The molecule has 0 saturated carbocycles. The van der Waals surface area contributed by atoms with Gasteiger partial charge in [-0.3, -0.25) is 19.7 Å². The number of carbonyl (C=O) groups excluding carboxylic acids is 1. The quantitative estimate of drug-likeness (QED) is 0.233. The molecule has 1 aliphatic rings. The molecular formula is C7H15N7O3. The van der Waals surface area contributed by atoms with E-state index in [9.17, 15) is 14.7 Å². The number of aromatic nitrogens is 2. The molecule has 10 heteroatoms. The van der Waals surface area contributed by atoms with Crippen molar-refractivity contribution in [2.45, 2.75) is 12.6 Å². The van der Waals surface area contributed by atoms with Crippen LogP contribution >= 0.6 is 0 Å². The number of aliphatic hydroxyl groups is 1. The van der Waals surface area contributed by atoms with Crippen LogP contribution in [0, 0.1) is 0 Å². The molecule has 1 atom stereocenters. The van der Waals surface area contributed by atoms with Gasteiger partial charge in [-0.15, -0.1) is 0 Å². The lowest BCUT2D eigenvalue weighted by atomic mass is 10.3. The lowest BCUT2D eigenvalue weighted by molar-refractivity contribution is 0.0295. The summed E-state index contributed by atoms with van der Waals surface area (Å²) in [5.41, 5.74) is 13.7. The van der Waals surface area contributed by atoms with Crippen molar-refractivity contribution in [1.82, 2.24) is 14.9 Å². The highest BCUT2D eigenvalue weighted by atomic mass is 16.3. The maximum absolute atomic E-state index is 11.4. The van der Waals surface area contributed by atoms with Crippen LogP contribution in [0.15, 0.2) is 4.79 Å². The SMILES string of the molecule is CN1C(=O)c2[nH]c(=O)[nH]c2NC1O.NC(N)N. The molecule has 1 amide bonds. The molecule has 0 aliphatic carbocycles. The summed E-state index contributed by atoms with van der Waals surface area (Å²) in [6, 6.07) is 0. The fraction of sp³-hybridized carbons (Fsp3) is 0.429. The van der Waals surface area contributed by atoms with Gasteiger partial charge in [-0.2, -0.15) is 0 Å². The molecule has 10 nitrogen and oxygen atoms in total. The molecule has 96 valence electrons. The lowest BCUT2D eigenvalue weighted by Gasteiger charge is -2.28. The first kappa shape index (κ1) is 13.2. The van der Waals surface area contributed by atoms with Gasteiger partial charge < -0.3 is 27.6 Å². The predicted molar refractivity (Wildman–Crippen MR) is 59.5 cm³/mol. The molecular weight excluding hydrogens is 230 g/mol. The topological polar surface area (TPSA) is 179 Å². The van der Waals surface area contributed by atoms with Crippen molar-refractivity contribution in [3.05, 3.63) is 16.2 Å². The Morgan fingerprint density at radius 1 is 1.29 bits per heavy atom. The highest BCUT2D eigenvalue weighted by Crippen LogP contribution is 2.17. The maximum atomic E-state index is 11.4. The van der Waals surface area contributed by atoms with Gasteiger partial charge in [0.15, 0.2) is 0 Å². The minimum atomic E-state index is -1.11. The smallest absolute Gasteiger partial charge is 0.325 e. The van der Waals surface area contributed by atoms with Gasteiger partial charge in [0.1, 0.15) is 17.8 Å². The Kier molecular flexibility index (Phi) is 3.85. The Hall–Kier alpha value is -1.88. The summed E-state index contributed by atoms with van der Waals surface area (Å²) in [6.07, 6.45) is -1.77. The molecule has 1 aromatic heterocycles. The lowest BCUT2D eigenvalue weighted by Crippen LogP contribution is -2.46. The number of nitrogens with one attached hydrogen (secondary N) is 3. The van der Waals surface area contributed by atoms with Crippen molar-refractivity contribution in [3.8, 4) is 0 Å². The number of hydrogen-bond acceptors (Lipinski definition) is 7.